The first-order valence-electron chi connectivity index (χ1n) is 4.23. The van der Waals surface area contributed by atoms with Crippen LogP contribution >= 0.6 is 27.3 Å². The number of halogens is 4. The molecular weight excluding hydrogens is 325 g/mol. The molecular formula is C8H4BrF3N2O2S. The summed E-state index contributed by atoms with van der Waals surface area (Å²) in [7, 11) is 0. The zero-order valence-electron chi connectivity index (χ0n) is 7.95. The molecule has 0 aliphatic rings. The first-order valence-corrected chi connectivity index (χ1v) is 5.84. The second-order valence-corrected chi connectivity index (χ2v) is 4.97. The Morgan fingerprint density at radius 2 is 2.18 bits per heavy atom. The molecule has 0 aliphatic carbocycles. The van der Waals surface area contributed by atoms with Crippen molar-refractivity contribution in [1.29, 1.82) is 0 Å². The fourth-order valence-electron chi connectivity index (χ4n) is 1.23. The average molecular weight is 329 g/mol. The van der Waals surface area contributed by atoms with Crippen LogP contribution in [0.4, 0.5) is 13.2 Å². The van der Waals surface area contributed by atoms with E-state index in [1.165, 1.54) is 6.20 Å². The summed E-state index contributed by atoms with van der Waals surface area (Å²) in [5, 5.41) is 8.86. The summed E-state index contributed by atoms with van der Waals surface area (Å²) >= 11 is 3.43. The van der Waals surface area contributed by atoms with Crippen LogP contribution in [0, 0.1) is 0 Å². The van der Waals surface area contributed by atoms with Gasteiger partial charge in [-0.05, 0) is 15.9 Å². The summed E-state index contributed by atoms with van der Waals surface area (Å²) in [6.07, 6.45) is -3.43. The number of hydrogen-bond acceptors (Lipinski definition) is 4. The van der Waals surface area contributed by atoms with Crippen LogP contribution in [0.5, 0.6) is 0 Å². The molecule has 17 heavy (non-hydrogen) atoms. The van der Waals surface area contributed by atoms with Crippen molar-refractivity contribution in [2.75, 3.05) is 0 Å². The quantitative estimate of drug-likeness (QED) is 0.871. The molecule has 0 atom stereocenters. The molecule has 92 valence electrons. The van der Waals surface area contributed by atoms with E-state index >= 15 is 0 Å². The van der Waals surface area contributed by atoms with Crippen LogP contribution < -0.4 is 5.56 Å². The number of aliphatic hydroxyl groups is 1. The molecule has 0 spiro atoms. The minimum absolute atomic E-state index is 0.102. The van der Waals surface area contributed by atoms with E-state index in [2.05, 4.69) is 20.9 Å². The summed E-state index contributed by atoms with van der Waals surface area (Å²) in [6, 6.07) is 0. The Balaban J connectivity index is 2.82. The predicted molar refractivity (Wildman–Crippen MR) is 58.0 cm³/mol. The molecule has 2 heterocycles. The Bertz CT molecular complexity index is 634. The molecule has 0 saturated carbocycles. The van der Waals surface area contributed by atoms with Gasteiger partial charge in [0.15, 0.2) is 10.7 Å². The van der Waals surface area contributed by atoms with Gasteiger partial charge in [-0.1, -0.05) is 11.3 Å². The van der Waals surface area contributed by atoms with Gasteiger partial charge in [-0.2, -0.15) is 13.2 Å². The Labute approximate surface area is 104 Å². The smallest absolute Gasteiger partial charge is 0.391 e. The van der Waals surface area contributed by atoms with Crippen molar-refractivity contribution in [3.63, 3.8) is 0 Å². The number of thiazole rings is 1. The van der Waals surface area contributed by atoms with E-state index in [9.17, 15) is 18.0 Å². The molecule has 0 aliphatic heterocycles. The monoisotopic (exact) mass is 328 g/mol. The van der Waals surface area contributed by atoms with Crippen LogP contribution in [-0.4, -0.2) is 14.5 Å². The molecule has 0 fully saturated rings. The zero-order valence-corrected chi connectivity index (χ0v) is 10.4. The molecule has 0 aromatic carbocycles. The van der Waals surface area contributed by atoms with Gasteiger partial charge in [-0.3, -0.25) is 9.20 Å². The van der Waals surface area contributed by atoms with Crippen molar-refractivity contribution in [3.05, 3.63) is 31.6 Å². The molecule has 0 bridgehead atoms. The third-order valence-electron chi connectivity index (χ3n) is 1.95. The minimum Gasteiger partial charge on any atom is -0.391 e. The molecule has 9 heteroatoms. The summed E-state index contributed by atoms with van der Waals surface area (Å²) in [4.78, 5) is 15.3. The Kier molecular flexibility index (Phi) is 3.00. The minimum atomic E-state index is -4.70. The first-order chi connectivity index (χ1) is 7.84. The van der Waals surface area contributed by atoms with Crippen LogP contribution in [0.1, 0.15) is 10.6 Å². The predicted octanol–water partition coefficient (Wildman–Crippen LogP) is 2.03. The lowest BCUT2D eigenvalue weighted by molar-refractivity contribution is -0.141. The Morgan fingerprint density at radius 3 is 2.71 bits per heavy atom. The number of aromatic nitrogens is 2. The van der Waals surface area contributed by atoms with Crippen LogP contribution in [-0.2, 0) is 12.8 Å². The number of aliphatic hydroxyl groups excluding tert-OH is 1. The second kappa shape index (κ2) is 4.07. The third kappa shape index (κ3) is 2.09. The van der Waals surface area contributed by atoms with Crippen molar-refractivity contribution >= 4 is 32.2 Å². The molecule has 2 aromatic heterocycles. The van der Waals surface area contributed by atoms with Crippen molar-refractivity contribution in [3.8, 4) is 0 Å². The van der Waals surface area contributed by atoms with Crippen LogP contribution in [0.15, 0.2) is 15.5 Å². The lowest BCUT2D eigenvalue weighted by atomic mass is 10.4. The van der Waals surface area contributed by atoms with Gasteiger partial charge in [0.25, 0.3) is 5.56 Å². The van der Waals surface area contributed by atoms with Crippen LogP contribution in [0.2, 0.25) is 0 Å². The molecule has 2 aromatic rings. The van der Waals surface area contributed by atoms with E-state index in [1.807, 2.05) is 0 Å². The lowest BCUT2D eigenvalue weighted by Crippen LogP contribution is -2.21. The highest BCUT2D eigenvalue weighted by Crippen LogP contribution is 2.32. The lowest BCUT2D eigenvalue weighted by Gasteiger charge is -2.06. The number of hydrogen-bond donors (Lipinski definition) is 1. The summed E-state index contributed by atoms with van der Waals surface area (Å²) < 4.78 is 38.0. The number of rotatable bonds is 1. The number of fused-ring (bicyclic) bond motifs is 1. The summed E-state index contributed by atoms with van der Waals surface area (Å²) in [5.41, 5.74) is -2.10. The molecule has 4 nitrogen and oxygen atoms in total. The summed E-state index contributed by atoms with van der Waals surface area (Å²) in [5.74, 6) is 0. The molecule has 0 radical (unpaired) electrons. The highest BCUT2D eigenvalue weighted by atomic mass is 79.9. The van der Waals surface area contributed by atoms with Crippen molar-refractivity contribution in [2.45, 2.75) is 12.8 Å². The largest absolute Gasteiger partial charge is 0.434 e. The van der Waals surface area contributed by atoms with E-state index in [-0.39, 0.29) is 11.6 Å². The summed E-state index contributed by atoms with van der Waals surface area (Å²) in [6.45, 7) is -0.355. The fraction of sp³-hybridized carbons (Fsp3) is 0.250. The second-order valence-electron chi connectivity index (χ2n) is 3.09. The van der Waals surface area contributed by atoms with Crippen LogP contribution in [0.3, 0.4) is 0 Å². The van der Waals surface area contributed by atoms with E-state index in [0.29, 0.717) is 4.88 Å². The highest BCUT2D eigenvalue weighted by Gasteiger charge is 2.37. The van der Waals surface area contributed by atoms with Gasteiger partial charge in [0.05, 0.1) is 11.5 Å². The molecule has 0 unspecified atom stereocenters. The standard InChI is InChI=1S/C8H4BrF3N2O2S/c9-4-5(8(10,11)12)13-7-14(6(4)16)1-3(2-15)17-7/h1,15H,2H2. The maximum atomic E-state index is 12.6. The fourth-order valence-corrected chi connectivity index (χ4v) is 2.56. The Hall–Kier alpha value is -0.930. The number of alkyl halides is 3. The van der Waals surface area contributed by atoms with Gasteiger partial charge < -0.3 is 5.11 Å². The van der Waals surface area contributed by atoms with Gasteiger partial charge in [0.2, 0.25) is 0 Å². The topological polar surface area (TPSA) is 54.6 Å². The van der Waals surface area contributed by atoms with Gasteiger partial charge in [-0.25, -0.2) is 4.98 Å². The van der Waals surface area contributed by atoms with Gasteiger partial charge >= 0.3 is 6.18 Å². The maximum absolute atomic E-state index is 12.6. The zero-order chi connectivity index (χ0) is 12.8. The molecule has 1 N–H and O–H groups in total. The average Bonchev–Trinajstić information content (AvgIpc) is 2.65. The Morgan fingerprint density at radius 1 is 1.53 bits per heavy atom. The van der Waals surface area contributed by atoms with E-state index < -0.39 is 21.9 Å². The van der Waals surface area contributed by atoms with Crippen LogP contribution in [0.25, 0.3) is 4.96 Å². The van der Waals surface area contributed by atoms with E-state index in [1.54, 1.807) is 0 Å². The molecule has 0 saturated heterocycles. The van der Waals surface area contributed by atoms with Gasteiger partial charge in [0.1, 0.15) is 4.47 Å². The number of nitrogens with zero attached hydrogens (tertiary/aromatic N) is 2. The highest BCUT2D eigenvalue weighted by molar-refractivity contribution is 9.10. The van der Waals surface area contributed by atoms with Crippen molar-refractivity contribution in [1.82, 2.24) is 9.38 Å². The molecule has 0 amide bonds. The van der Waals surface area contributed by atoms with E-state index in [4.69, 9.17) is 5.11 Å². The van der Waals surface area contributed by atoms with Crippen molar-refractivity contribution < 1.29 is 18.3 Å². The van der Waals surface area contributed by atoms with E-state index in [0.717, 1.165) is 15.7 Å². The SMILES string of the molecule is O=c1c(Br)c(C(F)(F)F)nc2sc(CO)cn12. The maximum Gasteiger partial charge on any atom is 0.434 e. The third-order valence-corrected chi connectivity index (χ3v) is 3.63. The van der Waals surface area contributed by atoms with Crippen molar-refractivity contribution in [2.24, 2.45) is 0 Å². The van der Waals surface area contributed by atoms with Gasteiger partial charge in [0, 0.05) is 6.20 Å². The normalized spacial score (nSPS) is 12.3. The molecule has 2 rings (SSSR count). The first kappa shape index (κ1) is 12.5. The van der Waals surface area contributed by atoms with Gasteiger partial charge in [-0.15, -0.1) is 0 Å².